The Morgan fingerprint density at radius 2 is 2.22 bits per heavy atom. The summed E-state index contributed by atoms with van der Waals surface area (Å²) in [6, 6.07) is 4.58. The SMILES string of the molecule is CN(CC/C(N)=N/O)C(=O)c1ccc(Br)c(O)c1. The molecule has 1 aromatic carbocycles. The summed E-state index contributed by atoms with van der Waals surface area (Å²) in [5, 5.41) is 20.7. The maximum atomic E-state index is 12.0. The molecule has 0 aromatic heterocycles. The number of oxime groups is 1. The average Bonchev–Trinajstić information content (AvgIpc) is 2.37. The second kappa shape index (κ2) is 6.25. The van der Waals surface area contributed by atoms with Crippen molar-refractivity contribution < 1.29 is 15.1 Å². The molecule has 6 nitrogen and oxygen atoms in total. The van der Waals surface area contributed by atoms with Crippen LogP contribution in [-0.2, 0) is 0 Å². The van der Waals surface area contributed by atoms with Crippen LogP contribution >= 0.6 is 15.9 Å². The van der Waals surface area contributed by atoms with Crippen molar-refractivity contribution in [2.75, 3.05) is 13.6 Å². The number of amidine groups is 1. The van der Waals surface area contributed by atoms with Crippen LogP contribution in [0.4, 0.5) is 0 Å². The van der Waals surface area contributed by atoms with Crippen LogP contribution < -0.4 is 5.73 Å². The van der Waals surface area contributed by atoms with Crippen molar-refractivity contribution in [2.45, 2.75) is 6.42 Å². The number of benzene rings is 1. The van der Waals surface area contributed by atoms with Gasteiger partial charge in [-0.05, 0) is 34.1 Å². The summed E-state index contributed by atoms with van der Waals surface area (Å²) >= 11 is 3.14. The number of carbonyl (C=O) groups is 1. The van der Waals surface area contributed by atoms with Gasteiger partial charge >= 0.3 is 0 Å². The van der Waals surface area contributed by atoms with Gasteiger partial charge in [-0.25, -0.2) is 0 Å². The van der Waals surface area contributed by atoms with E-state index in [9.17, 15) is 9.90 Å². The summed E-state index contributed by atoms with van der Waals surface area (Å²) in [6.45, 7) is 0.325. The molecule has 0 fully saturated rings. The number of nitrogens with zero attached hydrogens (tertiary/aromatic N) is 2. The molecule has 98 valence electrons. The molecular weight excluding hydrogens is 302 g/mol. The van der Waals surface area contributed by atoms with E-state index in [1.807, 2.05) is 0 Å². The summed E-state index contributed by atoms with van der Waals surface area (Å²) in [6.07, 6.45) is 0.279. The van der Waals surface area contributed by atoms with Crippen LogP contribution in [0.5, 0.6) is 5.75 Å². The molecule has 0 aliphatic rings. The Bertz CT molecular complexity index is 477. The van der Waals surface area contributed by atoms with Crippen LogP contribution in [0.2, 0.25) is 0 Å². The molecule has 0 atom stereocenters. The summed E-state index contributed by atoms with van der Waals surface area (Å²) in [5.41, 5.74) is 5.69. The largest absolute Gasteiger partial charge is 0.507 e. The van der Waals surface area contributed by atoms with Crippen LogP contribution in [0.1, 0.15) is 16.8 Å². The van der Waals surface area contributed by atoms with Gasteiger partial charge in [0.15, 0.2) is 0 Å². The minimum Gasteiger partial charge on any atom is -0.507 e. The topological polar surface area (TPSA) is 99.1 Å². The van der Waals surface area contributed by atoms with E-state index in [2.05, 4.69) is 21.1 Å². The number of phenols is 1. The van der Waals surface area contributed by atoms with E-state index in [0.717, 1.165) is 0 Å². The lowest BCUT2D eigenvalue weighted by Gasteiger charge is -2.16. The quantitative estimate of drug-likeness (QED) is 0.338. The minimum atomic E-state index is -0.247. The van der Waals surface area contributed by atoms with E-state index in [1.54, 1.807) is 19.2 Å². The molecule has 0 saturated carbocycles. The van der Waals surface area contributed by atoms with Gasteiger partial charge in [-0.3, -0.25) is 4.79 Å². The number of halogens is 1. The van der Waals surface area contributed by atoms with Crippen LogP contribution in [-0.4, -0.2) is 40.5 Å². The van der Waals surface area contributed by atoms with Crippen LogP contribution in [0.25, 0.3) is 0 Å². The Morgan fingerprint density at radius 1 is 1.56 bits per heavy atom. The fraction of sp³-hybridized carbons (Fsp3) is 0.273. The smallest absolute Gasteiger partial charge is 0.253 e. The second-order valence-electron chi connectivity index (χ2n) is 3.73. The molecule has 0 saturated heterocycles. The number of carbonyl (C=O) groups excluding carboxylic acids is 1. The number of amides is 1. The Kier molecular flexibility index (Phi) is 4.96. The van der Waals surface area contributed by atoms with Gasteiger partial charge in [0.05, 0.1) is 4.47 Å². The van der Waals surface area contributed by atoms with Gasteiger partial charge in [0.25, 0.3) is 5.91 Å². The van der Waals surface area contributed by atoms with Gasteiger partial charge in [0, 0.05) is 25.6 Å². The third-order valence-electron chi connectivity index (χ3n) is 2.37. The predicted octanol–water partition coefficient (Wildman–Crippen LogP) is 1.36. The van der Waals surface area contributed by atoms with Crippen LogP contribution in [0, 0.1) is 0 Å². The van der Waals surface area contributed by atoms with Crippen molar-refractivity contribution in [2.24, 2.45) is 10.9 Å². The first-order valence-corrected chi connectivity index (χ1v) is 5.95. The molecule has 0 unspecified atom stereocenters. The molecule has 7 heteroatoms. The first-order valence-electron chi connectivity index (χ1n) is 5.16. The number of hydrogen-bond acceptors (Lipinski definition) is 4. The summed E-state index contributed by atoms with van der Waals surface area (Å²) in [7, 11) is 1.60. The molecule has 0 spiro atoms. The van der Waals surface area contributed by atoms with Gasteiger partial charge in [-0.1, -0.05) is 5.16 Å². The zero-order chi connectivity index (χ0) is 13.7. The lowest BCUT2D eigenvalue weighted by Crippen LogP contribution is -2.30. The fourth-order valence-electron chi connectivity index (χ4n) is 1.30. The van der Waals surface area contributed by atoms with E-state index in [0.29, 0.717) is 16.6 Å². The van der Waals surface area contributed by atoms with Gasteiger partial charge in [-0.15, -0.1) is 0 Å². The third-order valence-corrected chi connectivity index (χ3v) is 3.04. The lowest BCUT2D eigenvalue weighted by atomic mass is 10.2. The standard InChI is InChI=1S/C11H14BrN3O3/c1-15(5-4-10(13)14-18)11(17)7-2-3-8(12)9(16)6-7/h2-3,6,16,18H,4-5H2,1H3,(H2,13,14). The molecule has 0 radical (unpaired) electrons. The maximum Gasteiger partial charge on any atom is 0.253 e. The molecule has 1 rings (SSSR count). The molecule has 18 heavy (non-hydrogen) atoms. The molecule has 0 heterocycles. The first-order chi connectivity index (χ1) is 8.45. The normalized spacial score (nSPS) is 11.3. The Labute approximate surface area is 113 Å². The van der Waals surface area contributed by atoms with E-state index in [1.165, 1.54) is 11.0 Å². The van der Waals surface area contributed by atoms with Crippen molar-refractivity contribution in [3.05, 3.63) is 28.2 Å². The summed E-state index contributed by atoms with van der Waals surface area (Å²) in [4.78, 5) is 13.4. The highest BCUT2D eigenvalue weighted by atomic mass is 79.9. The number of phenolic OH excluding ortho intramolecular Hbond substituents is 1. The van der Waals surface area contributed by atoms with E-state index >= 15 is 0 Å². The van der Waals surface area contributed by atoms with Crippen LogP contribution in [0.3, 0.4) is 0 Å². The fourth-order valence-corrected chi connectivity index (χ4v) is 1.55. The van der Waals surface area contributed by atoms with Crippen molar-refractivity contribution in [1.82, 2.24) is 4.90 Å². The predicted molar refractivity (Wildman–Crippen MR) is 70.8 cm³/mol. The number of hydrogen-bond donors (Lipinski definition) is 3. The van der Waals surface area contributed by atoms with E-state index < -0.39 is 0 Å². The summed E-state index contributed by atoms with van der Waals surface area (Å²) < 4.78 is 0.526. The molecule has 4 N–H and O–H groups in total. The molecule has 0 aliphatic carbocycles. The van der Waals surface area contributed by atoms with E-state index in [4.69, 9.17) is 10.9 Å². The van der Waals surface area contributed by atoms with Gasteiger partial charge < -0.3 is 20.9 Å². The molecule has 0 bridgehead atoms. The highest BCUT2D eigenvalue weighted by Gasteiger charge is 2.13. The highest BCUT2D eigenvalue weighted by molar-refractivity contribution is 9.10. The Hall–Kier alpha value is -1.76. The zero-order valence-corrected chi connectivity index (χ0v) is 11.4. The van der Waals surface area contributed by atoms with Crippen molar-refractivity contribution >= 4 is 27.7 Å². The third kappa shape index (κ3) is 3.63. The zero-order valence-electron chi connectivity index (χ0n) is 9.80. The van der Waals surface area contributed by atoms with E-state index in [-0.39, 0.29) is 23.9 Å². The van der Waals surface area contributed by atoms with Gasteiger partial charge in [0.2, 0.25) is 0 Å². The molecule has 1 amide bonds. The highest BCUT2D eigenvalue weighted by Crippen LogP contribution is 2.24. The van der Waals surface area contributed by atoms with Crippen molar-refractivity contribution in [3.8, 4) is 5.75 Å². The monoisotopic (exact) mass is 315 g/mol. The Balaban J connectivity index is 2.71. The second-order valence-corrected chi connectivity index (χ2v) is 4.59. The number of aromatic hydroxyl groups is 1. The van der Waals surface area contributed by atoms with Crippen molar-refractivity contribution in [1.29, 1.82) is 0 Å². The summed E-state index contributed by atoms with van der Waals surface area (Å²) in [5.74, 6) is -0.178. The van der Waals surface area contributed by atoms with Crippen LogP contribution in [0.15, 0.2) is 27.8 Å². The molecular formula is C11H14BrN3O3. The van der Waals surface area contributed by atoms with Crippen molar-refractivity contribution in [3.63, 3.8) is 0 Å². The average molecular weight is 316 g/mol. The van der Waals surface area contributed by atoms with Gasteiger partial charge in [0.1, 0.15) is 11.6 Å². The lowest BCUT2D eigenvalue weighted by molar-refractivity contribution is 0.0798. The Morgan fingerprint density at radius 3 is 2.78 bits per heavy atom. The molecule has 1 aromatic rings. The minimum absolute atomic E-state index is 0.00526. The molecule has 0 aliphatic heterocycles. The maximum absolute atomic E-state index is 12.0. The first kappa shape index (κ1) is 14.3. The number of nitrogens with two attached hydrogens (primary N) is 1. The van der Waals surface area contributed by atoms with Gasteiger partial charge in [-0.2, -0.15) is 0 Å². The number of rotatable bonds is 4.